The first kappa shape index (κ1) is 15.2. The molecular formula is C19H27N3O. The monoisotopic (exact) mass is 313 g/mol. The first-order valence-corrected chi connectivity index (χ1v) is 8.96. The van der Waals surface area contributed by atoms with Crippen LogP contribution in [0.4, 0.5) is 0 Å². The molecule has 3 aliphatic heterocycles. The van der Waals surface area contributed by atoms with E-state index in [1.165, 1.54) is 24.0 Å². The van der Waals surface area contributed by atoms with Crippen LogP contribution in [-0.4, -0.2) is 42.5 Å². The van der Waals surface area contributed by atoms with Crippen molar-refractivity contribution in [1.29, 1.82) is 0 Å². The molecule has 0 saturated carbocycles. The molecule has 2 bridgehead atoms. The number of hydrogen-bond acceptors (Lipinski definition) is 3. The summed E-state index contributed by atoms with van der Waals surface area (Å²) in [5.74, 6) is 1.72. The normalized spacial score (nSPS) is 33.7. The van der Waals surface area contributed by atoms with Gasteiger partial charge in [0.2, 0.25) is 5.91 Å². The Bertz CT molecular complexity index is 567. The molecule has 0 spiro atoms. The van der Waals surface area contributed by atoms with Gasteiger partial charge in [-0.05, 0) is 57.2 Å². The van der Waals surface area contributed by atoms with Gasteiger partial charge < -0.3 is 10.6 Å². The van der Waals surface area contributed by atoms with Crippen molar-refractivity contribution in [2.45, 2.75) is 44.8 Å². The highest BCUT2D eigenvalue weighted by molar-refractivity contribution is 5.78. The van der Waals surface area contributed by atoms with E-state index in [1.54, 1.807) is 0 Å². The molecule has 2 N–H and O–H groups in total. The van der Waals surface area contributed by atoms with E-state index in [0.29, 0.717) is 18.6 Å². The van der Waals surface area contributed by atoms with Crippen LogP contribution in [0.5, 0.6) is 0 Å². The first-order chi connectivity index (χ1) is 11.1. The summed E-state index contributed by atoms with van der Waals surface area (Å²) in [7, 11) is 0. The van der Waals surface area contributed by atoms with Crippen LogP contribution in [0.15, 0.2) is 24.3 Å². The average Bonchev–Trinajstić information content (AvgIpc) is 3.20. The van der Waals surface area contributed by atoms with E-state index in [-0.39, 0.29) is 11.9 Å². The lowest BCUT2D eigenvalue weighted by molar-refractivity contribution is -0.123. The van der Waals surface area contributed by atoms with Gasteiger partial charge in [0.1, 0.15) is 0 Å². The second-order valence-electron chi connectivity index (χ2n) is 7.57. The number of fused-ring (bicyclic) bond motifs is 5. The summed E-state index contributed by atoms with van der Waals surface area (Å²) in [4.78, 5) is 15.0. The summed E-state index contributed by atoms with van der Waals surface area (Å²) in [5.41, 5.74) is 2.43. The molecule has 3 saturated heterocycles. The number of carbonyl (C=O) groups excluding carboxylic acids is 1. The molecule has 1 unspecified atom stereocenters. The van der Waals surface area contributed by atoms with Gasteiger partial charge in [-0.15, -0.1) is 0 Å². The van der Waals surface area contributed by atoms with Gasteiger partial charge in [0.05, 0.1) is 12.6 Å². The van der Waals surface area contributed by atoms with Gasteiger partial charge in [-0.25, -0.2) is 0 Å². The zero-order valence-corrected chi connectivity index (χ0v) is 14.1. The van der Waals surface area contributed by atoms with Gasteiger partial charge in [0.25, 0.3) is 0 Å². The van der Waals surface area contributed by atoms with Crippen LogP contribution in [0.1, 0.15) is 36.9 Å². The summed E-state index contributed by atoms with van der Waals surface area (Å²) in [5, 5.41) is 6.71. The third kappa shape index (κ3) is 2.68. The molecule has 0 aromatic heterocycles. The number of nitrogens with one attached hydrogen (secondary N) is 2. The van der Waals surface area contributed by atoms with Gasteiger partial charge in [0.15, 0.2) is 0 Å². The third-order valence-electron chi connectivity index (χ3n) is 6.19. The summed E-state index contributed by atoms with van der Waals surface area (Å²) in [6, 6.07) is 9.75. The molecule has 0 radical (unpaired) electrons. The Morgan fingerprint density at radius 2 is 1.83 bits per heavy atom. The van der Waals surface area contributed by atoms with Crippen LogP contribution in [0.3, 0.4) is 0 Å². The van der Waals surface area contributed by atoms with Crippen LogP contribution >= 0.6 is 0 Å². The quantitative estimate of drug-likeness (QED) is 0.892. The second kappa shape index (κ2) is 5.91. The number of hydrogen-bond donors (Lipinski definition) is 2. The maximum absolute atomic E-state index is 12.5. The summed E-state index contributed by atoms with van der Waals surface area (Å²) in [6.45, 7) is 7.01. The molecule has 3 fully saturated rings. The first-order valence-electron chi connectivity index (χ1n) is 8.96. The molecule has 5 atom stereocenters. The van der Waals surface area contributed by atoms with Crippen LogP contribution in [0.25, 0.3) is 0 Å². The molecular weight excluding hydrogens is 286 g/mol. The van der Waals surface area contributed by atoms with Gasteiger partial charge in [-0.3, -0.25) is 9.69 Å². The Morgan fingerprint density at radius 1 is 1.22 bits per heavy atom. The van der Waals surface area contributed by atoms with Gasteiger partial charge in [-0.1, -0.05) is 29.8 Å². The van der Waals surface area contributed by atoms with E-state index in [0.717, 1.165) is 24.9 Å². The molecule has 124 valence electrons. The predicted molar refractivity (Wildman–Crippen MR) is 91.1 cm³/mol. The fourth-order valence-electron chi connectivity index (χ4n) is 5.03. The van der Waals surface area contributed by atoms with E-state index in [4.69, 9.17) is 0 Å². The Kier molecular flexibility index (Phi) is 3.90. The van der Waals surface area contributed by atoms with Gasteiger partial charge >= 0.3 is 0 Å². The minimum Gasteiger partial charge on any atom is -0.348 e. The van der Waals surface area contributed by atoms with Crippen molar-refractivity contribution in [3.63, 3.8) is 0 Å². The van der Waals surface area contributed by atoms with E-state index in [2.05, 4.69) is 53.6 Å². The minimum absolute atomic E-state index is 0.0736. The topological polar surface area (TPSA) is 44.4 Å². The zero-order chi connectivity index (χ0) is 16.0. The number of carbonyl (C=O) groups is 1. The molecule has 1 aromatic rings. The Balaban J connectivity index is 1.36. The highest BCUT2D eigenvalue weighted by Gasteiger charge is 2.54. The third-order valence-corrected chi connectivity index (χ3v) is 6.19. The Hall–Kier alpha value is -1.39. The van der Waals surface area contributed by atoms with Crippen molar-refractivity contribution in [1.82, 2.24) is 15.5 Å². The Morgan fingerprint density at radius 3 is 2.43 bits per heavy atom. The van der Waals surface area contributed by atoms with Gasteiger partial charge in [-0.2, -0.15) is 0 Å². The summed E-state index contributed by atoms with van der Waals surface area (Å²) in [6.07, 6.45) is 2.54. The number of nitrogens with zero attached hydrogens (tertiary/aromatic N) is 1. The average molecular weight is 313 g/mol. The van der Waals surface area contributed by atoms with Crippen LogP contribution in [0, 0.1) is 18.8 Å². The number of amides is 1. The fraction of sp³-hybridized carbons (Fsp3) is 0.632. The number of aryl methyl sites for hydroxylation is 1. The maximum atomic E-state index is 12.5. The van der Waals surface area contributed by atoms with Crippen molar-refractivity contribution in [3.05, 3.63) is 35.4 Å². The number of benzene rings is 1. The minimum atomic E-state index is 0.0736. The summed E-state index contributed by atoms with van der Waals surface area (Å²) >= 11 is 0. The fourth-order valence-corrected chi connectivity index (χ4v) is 5.03. The molecule has 23 heavy (non-hydrogen) atoms. The molecule has 4 heteroatoms. The van der Waals surface area contributed by atoms with E-state index < -0.39 is 0 Å². The maximum Gasteiger partial charge on any atom is 0.234 e. The second-order valence-corrected chi connectivity index (χ2v) is 7.57. The standard InChI is InChI=1S/C19H27N3O/c1-12-3-5-14(6-4-12)13(2)21-19(23)11-22-17-7-8-18(22)16-10-20-9-15(16)17/h3-6,13,15-18,20H,7-11H2,1-2H3,(H,21,23)/t13?,15-,16+,17-,18+. The van der Waals surface area contributed by atoms with Crippen molar-refractivity contribution >= 4 is 5.91 Å². The lowest BCUT2D eigenvalue weighted by Gasteiger charge is -2.24. The van der Waals surface area contributed by atoms with Crippen LogP contribution in [0.2, 0.25) is 0 Å². The highest BCUT2D eigenvalue weighted by Crippen LogP contribution is 2.46. The van der Waals surface area contributed by atoms with E-state index in [9.17, 15) is 4.79 Å². The SMILES string of the molecule is Cc1ccc(C(C)NC(=O)CN2[C@@H]3CC[C@H]2[C@H]2CNC[C@H]23)cc1. The zero-order valence-electron chi connectivity index (χ0n) is 14.1. The van der Waals surface area contributed by atoms with Crippen molar-refractivity contribution in [2.24, 2.45) is 11.8 Å². The predicted octanol–water partition coefficient (Wildman–Crippen LogP) is 1.85. The lowest BCUT2D eigenvalue weighted by Crippen LogP contribution is -2.42. The smallest absolute Gasteiger partial charge is 0.234 e. The molecule has 0 aliphatic carbocycles. The highest BCUT2D eigenvalue weighted by atomic mass is 16.2. The number of rotatable bonds is 4. The van der Waals surface area contributed by atoms with E-state index in [1.807, 2.05) is 0 Å². The molecule has 4 rings (SSSR count). The lowest BCUT2D eigenvalue weighted by atomic mass is 9.82. The molecule has 3 aliphatic rings. The van der Waals surface area contributed by atoms with Crippen LogP contribution < -0.4 is 10.6 Å². The Labute approximate surface area is 138 Å². The van der Waals surface area contributed by atoms with E-state index >= 15 is 0 Å². The molecule has 1 amide bonds. The summed E-state index contributed by atoms with van der Waals surface area (Å²) < 4.78 is 0. The molecule has 4 nitrogen and oxygen atoms in total. The van der Waals surface area contributed by atoms with Crippen molar-refractivity contribution < 1.29 is 4.79 Å². The molecule has 3 heterocycles. The van der Waals surface area contributed by atoms with Crippen LogP contribution in [-0.2, 0) is 4.79 Å². The van der Waals surface area contributed by atoms with Crippen molar-refractivity contribution in [2.75, 3.05) is 19.6 Å². The van der Waals surface area contributed by atoms with Crippen molar-refractivity contribution in [3.8, 4) is 0 Å². The van der Waals surface area contributed by atoms with Gasteiger partial charge in [0, 0.05) is 12.1 Å². The molecule has 1 aromatic carbocycles. The largest absolute Gasteiger partial charge is 0.348 e.